The first-order valence-corrected chi connectivity index (χ1v) is 6.81. The second-order valence-corrected chi connectivity index (χ2v) is 5.62. The molecule has 2 aromatic rings. The Morgan fingerprint density at radius 3 is 2.33 bits per heavy atom. The van der Waals surface area contributed by atoms with Gasteiger partial charge in [-0.3, -0.25) is 4.72 Å². The van der Waals surface area contributed by atoms with Crippen LogP contribution in [0.5, 0.6) is 0 Å². The molecule has 0 radical (unpaired) electrons. The van der Waals surface area contributed by atoms with E-state index in [1.807, 2.05) is 0 Å². The van der Waals surface area contributed by atoms with Crippen molar-refractivity contribution in [2.24, 2.45) is 0 Å². The lowest BCUT2D eigenvalue weighted by atomic mass is 10.2. The van der Waals surface area contributed by atoms with E-state index in [1.54, 1.807) is 31.2 Å². The summed E-state index contributed by atoms with van der Waals surface area (Å²) in [6, 6.07) is 12.0. The SMILES string of the molecule is Cc1cc(F)cc(NS(=O)(=O)c2ccccc2)c1. The zero-order valence-corrected chi connectivity index (χ0v) is 10.5. The maximum Gasteiger partial charge on any atom is 0.261 e. The molecule has 0 saturated carbocycles. The first-order chi connectivity index (χ1) is 8.47. The zero-order valence-electron chi connectivity index (χ0n) is 9.72. The third kappa shape index (κ3) is 2.87. The molecule has 0 fully saturated rings. The van der Waals surface area contributed by atoms with Gasteiger partial charge < -0.3 is 0 Å². The van der Waals surface area contributed by atoms with Crippen molar-refractivity contribution in [3.05, 3.63) is 59.9 Å². The van der Waals surface area contributed by atoms with Gasteiger partial charge in [0.05, 0.1) is 10.6 Å². The maximum absolute atomic E-state index is 13.2. The largest absolute Gasteiger partial charge is 0.280 e. The number of benzene rings is 2. The molecule has 0 aromatic heterocycles. The molecule has 0 bridgehead atoms. The van der Waals surface area contributed by atoms with E-state index < -0.39 is 15.8 Å². The molecule has 2 rings (SSSR count). The van der Waals surface area contributed by atoms with Gasteiger partial charge in [-0.05, 0) is 42.8 Å². The molecule has 2 aromatic carbocycles. The molecule has 1 N–H and O–H groups in total. The summed E-state index contributed by atoms with van der Waals surface area (Å²) < 4.78 is 39.5. The van der Waals surface area contributed by atoms with Gasteiger partial charge in [0, 0.05) is 0 Å². The Hall–Kier alpha value is -1.88. The van der Waals surface area contributed by atoms with Crippen molar-refractivity contribution in [3.63, 3.8) is 0 Å². The smallest absolute Gasteiger partial charge is 0.261 e. The fourth-order valence-electron chi connectivity index (χ4n) is 1.61. The summed E-state index contributed by atoms with van der Waals surface area (Å²) in [6.07, 6.45) is 0. The summed E-state index contributed by atoms with van der Waals surface area (Å²) in [7, 11) is -3.66. The summed E-state index contributed by atoms with van der Waals surface area (Å²) >= 11 is 0. The number of sulfonamides is 1. The van der Waals surface area contributed by atoms with Crippen molar-refractivity contribution in [1.29, 1.82) is 0 Å². The van der Waals surface area contributed by atoms with Crippen molar-refractivity contribution < 1.29 is 12.8 Å². The van der Waals surface area contributed by atoms with E-state index in [4.69, 9.17) is 0 Å². The van der Waals surface area contributed by atoms with Gasteiger partial charge in [-0.25, -0.2) is 12.8 Å². The van der Waals surface area contributed by atoms with Crippen molar-refractivity contribution in [2.75, 3.05) is 4.72 Å². The van der Waals surface area contributed by atoms with E-state index in [0.29, 0.717) is 5.56 Å². The van der Waals surface area contributed by atoms with Gasteiger partial charge in [-0.1, -0.05) is 18.2 Å². The fraction of sp³-hybridized carbons (Fsp3) is 0.0769. The second kappa shape index (κ2) is 4.78. The summed E-state index contributed by atoms with van der Waals surface area (Å²) in [6.45, 7) is 1.70. The maximum atomic E-state index is 13.2. The lowest BCUT2D eigenvalue weighted by molar-refractivity contribution is 0.601. The van der Waals surface area contributed by atoms with Gasteiger partial charge in [0.2, 0.25) is 0 Å². The minimum atomic E-state index is -3.66. The van der Waals surface area contributed by atoms with Gasteiger partial charge in [0.25, 0.3) is 10.0 Å². The molecule has 18 heavy (non-hydrogen) atoms. The Balaban J connectivity index is 2.34. The highest BCUT2D eigenvalue weighted by Crippen LogP contribution is 2.18. The fourth-order valence-corrected chi connectivity index (χ4v) is 2.67. The number of nitrogens with one attached hydrogen (secondary N) is 1. The van der Waals surface area contributed by atoms with Gasteiger partial charge in [0.1, 0.15) is 5.82 Å². The first kappa shape index (κ1) is 12.6. The van der Waals surface area contributed by atoms with Crippen molar-refractivity contribution in [1.82, 2.24) is 0 Å². The lowest BCUT2D eigenvalue weighted by Crippen LogP contribution is -2.13. The number of hydrogen-bond acceptors (Lipinski definition) is 2. The van der Waals surface area contributed by atoms with Crippen LogP contribution in [-0.2, 0) is 10.0 Å². The predicted molar refractivity (Wildman–Crippen MR) is 68.4 cm³/mol. The number of rotatable bonds is 3. The highest BCUT2D eigenvalue weighted by molar-refractivity contribution is 7.92. The van der Waals surface area contributed by atoms with E-state index in [2.05, 4.69) is 4.72 Å². The summed E-state index contributed by atoms with van der Waals surface area (Å²) in [5.41, 5.74) is 0.872. The molecular weight excluding hydrogens is 253 g/mol. The monoisotopic (exact) mass is 265 g/mol. The normalized spacial score (nSPS) is 11.2. The summed E-state index contributed by atoms with van der Waals surface area (Å²) in [5.74, 6) is -0.472. The Morgan fingerprint density at radius 2 is 1.72 bits per heavy atom. The summed E-state index contributed by atoms with van der Waals surface area (Å²) in [5, 5.41) is 0. The topological polar surface area (TPSA) is 46.2 Å². The molecule has 3 nitrogen and oxygen atoms in total. The van der Waals surface area contributed by atoms with Crippen LogP contribution in [0.1, 0.15) is 5.56 Å². The highest BCUT2D eigenvalue weighted by atomic mass is 32.2. The second-order valence-electron chi connectivity index (χ2n) is 3.94. The molecule has 94 valence electrons. The molecular formula is C13H12FNO2S. The van der Waals surface area contributed by atoms with Gasteiger partial charge in [-0.15, -0.1) is 0 Å². The van der Waals surface area contributed by atoms with E-state index in [0.717, 1.165) is 6.07 Å². The average molecular weight is 265 g/mol. The number of halogens is 1. The van der Waals surface area contributed by atoms with E-state index in [-0.39, 0.29) is 10.6 Å². The summed E-state index contributed by atoms with van der Waals surface area (Å²) in [4.78, 5) is 0.145. The number of aryl methyl sites for hydroxylation is 1. The Labute approximate surface area is 105 Å². The van der Waals surface area contributed by atoms with Crippen LogP contribution in [0.4, 0.5) is 10.1 Å². The molecule has 0 amide bonds. The van der Waals surface area contributed by atoms with Crippen LogP contribution in [-0.4, -0.2) is 8.42 Å². The van der Waals surface area contributed by atoms with E-state index in [1.165, 1.54) is 18.2 Å². The zero-order chi connectivity index (χ0) is 13.2. The third-order valence-electron chi connectivity index (χ3n) is 2.35. The Bertz CT molecular complexity index is 634. The minimum absolute atomic E-state index is 0.145. The molecule has 0 aliphatic rings. The highest BCUT2D eigenvalue weighted by Gasteiger charge is 2.13. The van der Waals surface area contributed by atoms with Crippen molar-refractivity contribution in [3.8, 4) is 0 Å². The number of hydrogen-bond donors (Lipinski definition) is 1. The van der Waals surface area contributed by atoms with Crippen LogP contribution < -0.4 is 4.72 Å². The van der Waals surface area contributed by atoms with Crippen molar-refractivity contribution in [2.45, 2.75) is 11.8 Å². The van der Waals surface area contributed by atoms with Gasteiger partial charge in [-0.2, -0.15) is 0 Å². The molecule has 0 aliphatic heterocycles. The molecule has 0 atom stereocenters. The van der Waals surface area contributed by atoms with Crippen LogP contribution in [0.25, 0.3) is 0 Å². The molecule has 0 saturated heterocycles. The third-order valence-corrected chi connectivity index (χ3v) is 3.75. The van der Waals surface area contributed by atoms with E-state index in [9.17, 15) is 12.8 Å². The molecule has 0 heterocycles. The van der Waals surface area contributed by atoms with Crippen LogP contribution >= 0.6 is 0 Å². The Morgan fingerprint density at radius 1 is 1.06 bits per heavy atom. The standard InChI is InChI=1S/C13H12FNO2S/c1-10-7-11(14)9-12(8-10)15-18(16,17)13-5-3-2-4-6-13/h2-9,15H,1H3. The van der Waals surface area contributed by atoms with Crippen LogP contribution in [0.3, 0.4) is 0 Å². The average Bonchev–Trinajstić information content (AvgIpc) is 2.28. The predicted octanol–water partition coefficient (Wildman–Crippen LogP) is 2.93. The van der Waals surface area contributed by atoms with Crippen LogP contribution in [0.15, 0.2) is 53.4 Å². The van der Waals surface area contributed by atoms with Gasteiger partial charge >= 0.3 is 0 Å². The first-order valence-electron chi connectivity index (χ1n) is 5.32. The lowest BCUT2D eigenvalue weighted by Gasteiger charge is -2.08. The molecule has 0 spiro atoms. The van der Waals surface area contributed by atoms with Crippen LogP contribution in [0, 0.1) is 12.7 Å². The van der Waals surface area contributed by atoms with E-state index >= 15 is 0 Å². The minimum Gasteiger partial charge on any atom is -0.280 e. The molecule has 0 unspecified atom stereocenters. The van der Waals surface area contributed by atoms with Crippen LogP contribution in [0.2, 0.25) is 0 Å². The Kier molecular flexibility index (Phi) is 3.34. The number of anilines is 1. The quantitative estimate of drug-likeness (QED) is 0.927. The molecule has 5 heteroatoms. The molecule has 0 aliphatic carbocycles. The van der Waals surface area contributed by atoms with Gasteiger partial charge in [0.15, 0.2) is 0 Å². The van der Waals surface area contributed by atoms with Crippen molar-refractivity contribution >= 4 is 15.7 Å².